The highest BCUT2D eigenvalue weighted by Gasteiger charge is 2.15. The SMILES string of the molecule is CCn1cc(C(O)c2cccnc2Br)cn1. The zero-order valence-electron chi connectivity index (χ0n) is 8.84. The average molecular weight is 282 g/mol. The molecule has 0 saturated heterocycles. The van der Waals surface area contributed by atoms with Gasteiger partial charge in [-0.25, -0.2) is 4.98 Å². The molecule has 1 unspecified atom stereocenters. The van der Waals surface area contributed by atoms with Crippen molar-refractivity contribution in [2.24, 2.45) is 0 Å². The third kappa shape index (κ3) is 2.15. The van der Waals surface area contributed by atoms with E-state index < -0.39 is 6.10 Å². The van der Waals surface area contributed by atoms with Crippen molar-refractivity contribution in [3.05, 3.63) is 46.5 Å². The van der Waals surface area contributed by atoms with Crippen LogP contribution in [-0.4, -0.2) is 19.9 Å². The van der Waals surface area contributed by atoms with E-state index in [-0.39, 0.29) is 0 Å². The van der Waals surface area contributed by atoms with E-state index in [1.807, 2.05) is 19.2 Å². The molecule has 2 aromatic rings. The highest BCUT2D eigenvalue weighted by Crippen LogP contribution is 2.26. The first kappa shape index (κ1) is 11.3. The van der Waals surface area contributed by atoms with E-state index in [4.69, 9.17) is 0 Å². The van der Waals surface area contributed by atoms with Gasteiger partial charge < -0.3 is 5.11 Å². The van der Waals surface area contributed by atoms with Crippen LogP contribution in [0.15, 0.2) is 35.3 Å². The molecular formula is C11H12BrN3O. The number of hydrogen-bond donors (Lipinski definition) is 1. The Morgan fingerprint density at radius 1 is 1.56 bits per heavy atom. The molecule has 0 radical (unpaired) electrons. The highest BCUT2D eigenvalue weighted by molar-refractivity contribution is 9.10. The molecular weight excluding hydrogens is 270 g/mol. The normalized spacial score (nSPS) is 12.7. The molecule has 0 spiro atoms. The van der Waals surface area contributed by atoms with Gasteiger partial charge in [0.2, 0.25) is 0 Å². The Morgan fingerprint density at radius 2 is 2.38 bits per heavy atom. The maximum absolute atomic E-state index is 10.2. The summed E-state index contributed by atoms with van der Waals surface area (Å²) < 4.78 is 2.44. The molecule has 84 valence electrons. The minimum Gasteiger partial charge on any atom is -0.383 e. The van der Waals surface area contributed by atoms with Crippen LogP contribution in [0.25, 0.3) is 0 Å². The number of aliphatic hydroxyl groups is 1. The first-order chi connectivity index (χ1) is 7.72. The van der Waals surface area contributed by atoms with Crippen molar-refractivity contribution < 1.29 is 5.11 Å². The van der Waals surface area contributed by atoms with Crippen LogP contribution < -0.4 is 0 Å². The molecule has 2 aromatic heterocycles. The van der Waals surface area contributed by atoms with E-state index in [0.29, 0.717) is 4.60 Å². The van der Waals surface area contributed by atoms with Crippen molar-refractivity contribution in [1.82, 2.24) is 14.8 Å². The molecule has 1 atom stereocenters. The quantitative estimate of drug-likeness (QED) is 0.877. The van der Waals surface area contributed by atoms with Gasteiger partial charge >= 0.3 is 0 Å². The first-order valence-electron chi connectivity index (χ1n) is 5.03. The van der Waals surface area contributed by atoms with E-state index in [2.05, 4.69) is 26.0 Å². The number of hydrogen-bond acceptors (Lipinski definition) is 3. The lowest BCUT2D eigenvalue weighted by molar-refractivity contribution is 0.219. The molecule has 0 saturated carbocycles. The second-order valence-electron chi connectivity index (χ2n) is 3.42. The summed E-state index contributed by atoms with van der Waals surface area (Å²) in [6, 6.07) is 3.64. The molecule has 0 amide bonds. The second kappa shape index (κ2) is 4.76. The Hall–Kier alpha value is -1.20. The van der Waals surface area contributed by atoms with Gasteiger partial charge in [0, 0.05) is 30.1 Å². The Labute approximate surface area is 102 Å². The maximum Gasteiger partial charge on any atom is 0.112 e. The van der Waals surface area contributed by atoms with Crippen molar-refractivity contribution in [1.29, 1.82) is 0 Å². The monoisotopic (exact) mass is 281 g/mol. The van der Waals surface area contributed by atoms with Gasteiger partial charge in [0.05, 0.1) is 6.20 Å². The second-order valence-corrected chi connectivity index (χ2v) is 4.17. The number of aryl methyl sites for hydroxylation is 1. The van der Waals surface area contributed by atoms with Gasteiger partial charge in [0.15, 0.2) is 0 Å². The molecule has 0 aliphatic carbocycles. The summed E-state index contributed by atoms with van der Waals surface area (Å²) in [7, 11) is 0. The summed E-state index contributed by atoms with van der Waals surface area (Å²) in [6.45, 7) is 2.80. The minimum absolute atomic E-state index is 0.659. The van der Waals surface area contributed by atoms with Crippen LogP contribution in [0.1, 0.15) is 24.2 Å². The number of rotatable bonds is 3. The van der Waals surface area contributed by atoms with Crippen LogP contribution in [0.5, 0.6) is 0 Å². The summed E-state index contributed by atoms with van der Waals surface area (Å²) in [5.41, 5.74) is 1.52. The topological polar surface area (TPSA) is 50.9 Å². The molecule has 5 heteroatoms. The highest BCUT2D eigenvalue weighted by atomic mass is 79.9. The first-order valence-corrected chi connectivity index (χ1v) is 5.82. The van der Waals surface area contributed by atoms with Crippen molar-refractivity contribution in [2.45, 2.75) is 19.6 Å². The van der Waals surface area contributed by atoms with Crippen molar-refractivity contribution in [2.75, 3.05) is 0 Å². The molecule has 0 aliphatic heterocycles. The lowest BCUT2D eigenvalue weighted by Gasteiger charge is -2.09. The van der Waals surface area contributed by atoms with Gasteiger partial charge in [-0.15, -0.1) is 0 Å². The summed E-state index contributed by atoms with van der Waals surface area (Å²) >= 11 is 3.32. The van der Waals surface area contributed by atoms with Gasteiger partial charge in [-0.05, 0) is 28.9 Å². The Morgan fingerprint density at radius 3 is 3.00 bits per heavy atom. The van der Waals surface area contributed by atoms with Crippen LogP contribution in [-0.2, 0) is 6.54 Å². The lowest BCUT2D eigenvalue weighted by atomic mass is 10.1. The molecule has 0 aliphatic rings. The fraction of sp³-hybridized carbons (Fsp3) is 0.273. The largest absolute Gasteiger partial charge is 0.383 e. The number of halogens is 1. The zero-order chi connectivity index (χ0) is 11.5. The Kier molecular flexibility index (Phi) is 3.36. The van der Waals surface area contributed by atoms with E-state index in [0.717, 1.165) is 17.7 Å². The number of aliphatic hydroxyl groups excluding tert-OH is 1. The fourth-order valence-electron chi connectivity index (χ4n) is 1.48. The van der Waals surface area contributed by atoms with Crippen molar-refractivity contribution in [3.63, 3.8) is 0 Å². The summed E-state index contributed by atoms with van der Waals surface area (Å²) in [4.78, 5) is 4.08. The number of nitrogens with zero attached hydrogens (tertiary/aromatic N) is 3. The fourth-order valence-corrected chi connectivity index (χ4v) is 1.94. The van der Waals surface area contributed by atoms with Crippen LogP contribution >= 0.6 is 15.9 Å². The van der Waals surface area contributed by atoms with Crippen LogP contribution in [0, 0.1) is 0 Å². The molecule has 0 aromatic carbocycles. The van der Waals surface area contributed by atoms with Gasteiger partial charge in [0.25, 0.3) is 0 Å². The van der Waals surface area contributed by atoms with Gasteiger partial charge in [-0.3, -0.25) is 4.68 Å². The van der Waals surface area contributed by atoms with Crippen molar-refractivity contribution in [3.8, 4) is 0 Å². The van der Waals surface area contributed by atoms with Gasteiger partial charge in [-0.2, -0.15) is 5.10 Å². The van der Waals surface area contributed by atoms with Gasteiger partial charge in [0.1, 0.15) is 10.7 Å². The number of pyridine rings is 1. The predicted octanol–water partition coefficient (Wildman–Crippen LogP) is 2.14. The lowest BCUT2D eigenvalue weighted by Crippen LogP contribution is -2.00. The average Bonchev–Trinajstić information content (AvgIpc) is 2.77. The molecule has 0 fully saturated rings. The number of aromatic nitrogens is 3. The summed E-state index contributed by atoms with van der Waals surface area (Å²) in [5.74, 6) is 0. The maximum atomic E-state index is 10.2. The van der Waals surface area contributed by atoms with E-state index >= 15 is 0 Å². The van der Waals surface area contributed by atoms with E-state index in [1.54, 1.807) is 23.1 Å². The Balaban J connectivity index is 2.31. The van der Waals surface area contributed by atoms with Crippen LogP contribution in [0.4, 0.5) is 0 Å². The zero-order valence-corrected chi connectivity index (χ0v) is 10.4. The molecule has 2 heterocycles. The van der Waals surface area contributed by atoms with E-state index in [9.17, 15) is 5.11 Å². The summed E-state index contributed by atoms with van der Waals surface area (Å²) in [6.07, 6.45) is 4.50. The molecule has 1 N–H and O–H groups in total. The molecule has 16 heavy (non-hydrogen) atoms. The smallest absolute Gasteiger partial charge is 0.112 e. The minimum atomic E-state index is -0.691. The van der Waals surface area contributed by atoms with Crippen molar-refractivity contribution >= 4 is 15.9 Å². The van der Waals surface area contributed by atoms with E-state index in [1.165, 1.54) is 0 Å². The third-order valence-corrected chi connectivity index (χ3v) is 3.04. The molecule has 4 nitrogen and oxygen atoms in total. The van der Waals surface area contributed by atoms with Crippen LogP contribution in [0.3, 0.4) is 0 Å². The summed E-state index contributed by atoms with van der Waals surface area (Å²) in [5, 5.41) is 14.3. The standard InChI is InChI=1S/C11H12BrN3O/c1-2-15-7-8(6-14-15)10(16)9-4-3-5-13-11(9)12/h3-7,10,16H,2H2,1H3. The van der Waals surface area contributed by atoms with Gasteiger partial charge in [-0.1, -0.05) is 6.07 Å². The van der Waals surface area contributed by atoms with Crippen LogP contribution in [0.2, 0.25) is 0 Å². The predicted molar refractivity (Wildman–Crippen MR) is 63.9 cm³/mol. The Bertz CT molecular complexity index is 484. The molecule has 2 rings (SSSR count). The third-order valence-electron chi connectivity index (χ3n) is 2.38. The molecule has 0 bridgehead atoms.